The van der Waals surface area contributed by atoms with Gasteiger partial charge in [-0.15, -0.1) is 0 Å². The molecule has 0 atom stereocenters. The van der Waals surface area contributed by atoms with Gasteiger partial charge in [-0.1, -0.05) is 30.3 Å². The van der Waals surface area contributed by atoms with Crippen molar-refractivity contribution in [2.24, 2.45) is 0 Å². The maximum atomic E-state index is 12.4. The Kier molecular flexibility index (Phi) is 12.7. The molecule has 0 unspecified atom stereocenters. The van der Waals surface area contributed by atoms with Crippen molar-refractivity contribution in [3.63, 3.8) is 0 Å². The third-order valence-corrected chi connectivity index (χ3v) is 6.60. The molecule has 0 spiro atoms. The predicted octanol–water partition coefficient (Wildman–Crippen LogP) is 5.14. The van der Waals surface area contributed by atoms with E-state index >= 15 is 0 Å². The Bertz CT molecular complexity index is 1450. The molecular formula is C34H39NO8. The van der Waals surface area contributed by atoms with E-state index in [-0.39, 0.29) is 25.2 Å². The second-order valence-corrected chi connectivity index (χ2v) is 9.92. The zero-order valence-electron chi connectivity index (χ0n) is 24.8. The molecule has 0 aromatic heterocycles. The third-order valence-electron chi connectivity index (χ3n) is 6.60. The fourth-order valence-corrected chi connectivity index (χ4v) is 4.28. The van der Waals surface area contributed by atoms with Crippen LogP contribution in [0.3, 0.4) is 0 Å². The summed E-state index contributed by atoms with van der Waals surface area (Å²) >= 11 is 0. The number of hydrogen-bond acceptors (Lipinski definition) is 9. The van der Waals surface area contributed by atoms with Gasteiger partial charge in [0, 0.05) is 19.8 Å². The van der Waals surface area contributed by atoms with Crippen molar-refractivity contribution in [3.8, 4) is 0 Å². The number of hydrogen-bond donors (Lipinski definition) is 0. The van der Waals surface area contributed by atoms with Gasteiger partial charge in [-0.3, -0.25) is 0 Å². The highest BCUT2D eigenvalue weighted by Crippen LogP contribution is 2.24. The smallest absolute Gasteiger partial charge is 0.338 e. The number of benzene rings is 4. The Labute approximate surface area is 252 Å². The lowest BCUT2D eigenvalue weighted by Crippen LogP contribution is -2.15. The van der Waals surface area contributed by atoms with Gasteiger partial charge in [0.05, 0.1) is 64.0 Å². The highest BCUT2D eigenvalue weighted by atomic mass is 16.6. The van der Waals surface area contributed by atoms with Crippen LogP contribution < -0.4 is 4.90 Å². The maximum absolute atomic E-state index is 12.4. The van der Waals surface area contributed by atoms with Crippen LogP contribution in [0.1, 0.15) is 20.7 Å². The van der Waals surface area contributed by atoms with Crippen LogP contribution in [0.4, 0.5) is 5.69 Å². The van der Waals surface area contributed by atoms with Crippen molar-refractivity contribution >= 4 is 39.2 Å². The Morgan fingerprint density at radius 2 is 0.907 bits per heavy atom. The first kappa shape index (κ1) is 31.9. The first-order valence-corrected chi connectivity index (χ1v) is 14.4. The van der Waals surface area contributed by atoms with E-state index in [9.17, 15) is 9.59 Å². The van der Waals surface area contributed by atoms with Crippen LogP contribution in [0, 0.1) is 0 Å². The van der Waals surface area contributed by atoms with Crippen LogP contribution in [-0.4, -0.2) is 92.1 Å². The van der Waals surface area contributed by atoms with E-state index in [0.717, 1.165) is 21.8 Å². The molecule has 228 valence electrons. The number of fused-ring (bicyclic) bond motifs is 2. The topological polar surface area (TPSA) is 92.8 Å². The molecule has 0 N–H and O–H groups in total. The summed E-state index contributed by atoms with van der Waals surface area (Å²) in [4.78, 5) is 26.5. The summed E-state index contributed by atoms with van der Waals surface area (Å²) in [6.45, 7) is 3.41. The summed E-state index contributed by atoms with van der Waals surface area (Å²) in [5.74, 6) is -0.745. The molecule has 0 amide bonds. The number of anilines is 1. The van der Waals surface area contributed by atoms with E-state index in [1.807, 2.05) is 55.4 Å². The standard InChI is InChI=1S/C34H39NO8/c1-35(2)32-11-9-26(10-12-32)33(36)42-21-19-40-17-15-38-13-14-39-16-18-41-20-22-43-34(37)30-8-7-29-23-27-5-3-4-6-28(27)24-31(29)25-30/h3-12,23-25H,13-22H2,1-2H3. The van der Waals surface area contributed by atoms with Gasteiger partial charge in [0.2, 0.25) is 0 Å². The van der Waals surface area contributed by atoms with Crippen LogP contribution in [0.2, 0.25) is 0 Å². The highest BCUT2D eigenvalue weighted by molar-refractivity contribution is 6.01. The van der Waals surface area contributed by atoms with Gasteiger partial charge in [0.25, 0.3) is 0 Å². The molecule has 9 heteroatoms. The SMILES string of the molecule is CN(C)c1ccc(C(=O)OCCOCCOCCOCCOCCOC(=O)c2ccc3cc4ccccc4cc3c2)cc1. The Morgan fingerprint density at radius 3 is 1.42 bits per heavy atom. The zero-order valence-corrected chi connectivity index (χ0v) is 24.8. The summed E-state index contributed by atoms with van der Waals surface area (Å²) in [6.07, 6.45) is 0. The van der Waals surface area contributed by atoms with Gasteiger partial charge < -0.3 is 33.3 Å². The van der Waals surface area contributed by atoms with Gasteiger partial charge in [-0.05, 0) is 70.1 Å². The lowest BCUT2D eigenvalue weighted by atomic mass is 10.0. The highest BCUT2D eigenvalue weighted by Gasteiger charge is 2.09. The third kappa shape index (κ3) is 10.3. The van der Waals surface area contributed by atoms with Crippen molar-refractivity contribution in [3.05, 3.63) is 90.0 Å². The molecule has 0 saturated heterocycles. The molecule has 0 radical (unpaired) electrons. The molecule has 43 heavy (non-hydrogen) atoms. The Balaban J connectivity index is 0.946. The van der Waals surface area contributed by atoms with E-state index in [2.05, 4.69) is 24.3 Å². The van der Waals surface area contributed by atoms with Crippen molar-refractivity contribution in [1.29, 1.82) is 0 Å². The summed E-state index contributed by atoms with van der Waals surface area (Å²) in [7, 11) is 3.88. The van der Waals surface area contributed by atoms with Crippen LogP contribution >= 0.6 is 0 Å². The zero-order chi connectivity index (χ0) is 30.3. The fourth-order valence-electron chi connectivity index (χ4n) is 4.28. The number of esters is 2. The summed E-state index contributed by atoms with van der Waals surface area (Å²) < 4.78 is 32.4. The van der Waals surface area contributed by atoms with Crippen molar-refractivity contribution in [1.82, 2.24) is 0 Å². The number of rotatable bonds is 18. The largest absolute Gasteiger partial charge is 0.460 e. The van der Waals surface area contributed by atoms with Crippen molar-refractivity contribution in [2.45, 2.75) is 0 Å². The van der Waals surface area contributed by atoms with E-state index in [4.69, 9.17) is 28.4 Å². The number of ether oxygens (including phenoxy) is 6. The molecule has 4 aromatic carbocycles. The molecule has 0 bridgehead atoms. The molecule has 0 fully saturated rings. The quantitative estimate of drug-likeness (QED) is 0.0889. The summed E-state index contributed by atoms with van der Waals surface area (Å²) in [5, 5.41) is 4.38. The first-order valence-electron chi connectivity index (χ1n) is 14.4. The Hall–Kier alpha value is -4.02. The monoisotopic (exact) mass is 589 g/mol. The first-order chi connectivity index (χ1) is 21.0. The number of carbonyl (C=O) groups excluding carboxylic acids is 2. The summed E-state index contributed by atoms with van der Waals surface area (Å²) in [6, 6.07) is 25.2. The van der Waals surface area contributed by atoms with Gasteiger partial charge in [-0.25, -0.2) is 9.59 Å². The molecule has 0 aliphatic rings. The van der Waals surface area contributed by atoms with E-state index < -0.39 is 0 Å². The molecule has 4 aromatic rings. The van der Waals surface area contributed by atoms with Crippen molar-refractivity contribution in [2.75, 3.05) is 85.1 Å². The van der Waals surface area contributed by atoms with Gasteiger partial charge >= 0.3 is 11.9 Å². The molecule has 4 rings (SSSR count). The minimum atomic E-state index is -0.373. The molecule has 0 aliphatic heterocycles. The maximum Gasteiger partial charge on any atom is 0.338 e. The van der Waals surface area contributed by atoms with Gasteiger partial charge in [0.1, 0.15) is 13.2 Å². The minimum Gasteiger partial charge on any atom is -0.460 e. The fraction of sp³-hybridized carbons (Fsp3) is 0.353. The molecule has 0 aliphatic carbocycles. The van der Waals surface area contributed by atoms with Gasteiger partial charge in [0.15, 0.2) is 0 Å². The second-order valence-electron chi connectivity index (χ2n) is 9.92. The van der Waals surface area contributed by atoms with Crippen LogP contribution in [0.25, 0.3) is 21.5 Å². The molecule has 0 heterocycles. The minimum absolute atomic E-state index is 0.167. The van der Waals surface area contributed by atoms with E-state index in [1.54, 1.807) is 18.2 Å². The molecular weight excluding hydrogens is 550 g/mol. The van der Waals surface area contributed by atoms with E-state index in [1.165, 1.54) is 5.39 Å². The lowest BCUT2D eigenvalue weighted by Gasteiger charge is -2.12. The number of nitrogens with zero attached hydrogens (tertiary/aromatic N) is 1. The van der Waals surface area contributed by atoms with Gasteiger partial charge in [-0.2, -0.15) is 0 Å². The summed E-state index contributed by atoms with van der Waals surface area (Å²) in [5.41, 5.74) is 2.04. The lowest BCUT2D eigenvalue weighted by molar-refractivity contribution is -0.0136. The van der Waals surface area contributed by atoms with Crippen molar-refractivity contribution < 1.29 is 38.0 Å². The number of carbonyl (C=O) groups is 2. The van der Waals surface area contributed by atoms with Crippen LogP contribution in [0.15, 0.2) is 78.9 Å². The van der Waals surface area contributed by atoms with Crippen LogP contribution in [0.5, 0.6) is 0 Å². The average molecular weight is 590 g/mol. The Morgan fingerprint density at radius 1 is 0.488 bits per heavy atom. The second kappa shape index (κ2) is 17.2. The predicted molar refractivity (Wildman–Crippen MR) is 166 cm³/mol. The average Bonchev–Trinajstić information content (AvgIpc) is 3.03. The normalized spacial score (nSPS) is 11.1. The van der Waals surface area contributed by atoms with Crippen LogP contribution in [-0.2, 0) is 28.4 Å². The molecule has 9 nitrogen and oxygen atoms in total. The molecule has 0 saturated carbocycles. The van der Waals surface area contributed by atoms with E-state index in [0.29, 0.717) is 64.0 Å².